The summed E-state index contributed by atoms with van der Waals surface area (Å²) in [7, 11) is 1.61. The molecule has 1 aromatic rings. The average Bonchev–Trinajstić information content (AvgIpc) is 2.86. The van der Waals surface area contributed by atoms with Crippen LogP contribution in [0, 0.1) is 5.92 Å². The number of hydrogen-bond donors (Lipinski definition) is 0. The summed E-state index contributed by atoms with van der Waals surface area (Å²) in [4.78, 5) is 18.0. The summed E-state index contributed by atoms with van der Waals surface area (Å²) >= 11 is 0. The molecule has 0 N–H and O–H groups in total. The van der Waals surface area contributed by atoms with Crippen molar-refractivity contribution in [3.8, 4) is 5.88 Å². The van der Waals surface area contributed by atoms with E-state index in [1.54, 1.807) is 12.0 Å². The number of carbonyl (C=O) groups is 1. The molecule has 0 bridgehead atoms. The number of hydrogen-bond acceptors (Lipinski definition) is 4. The predicted octanol–water partition coefficient (Wildman–Crippen LogP) is 3.00. The highest BCUT2D eigenvalue weighted by Gasteiger charge is 2.29. The normalized spacial score (nSPS) is 17.8. The molecule has 124 valence electrons. The SMILES string of the molecule is COc1ccc(C[C@H]2CCN(C(=O)OC(C)(C)C)C2)cn1.S. The molecule has 1 amide bonds. The van der Waals surface area contributed by atoms with Gasteiger partial charge in [-0.05, 0) is 45.1 Å². The molecule has 0 radical (unpaired) electrons. The van der Waals surface area contributed by atoms with Gasteiger partial charge in [0.1, 0.15) is 5.60 Å². The van der Waals surface area contributed by atoms with Gasteiger partial charge in [0.2, 0.25) is 5.88 Å². The van der Waals surface area contributed by atoms with Gasteiger partial charge in [-0.1, -0.05) is 6.07 Å². The number of amides is 1. The van der Waals surface area contributed by atoms with E-state index in [2.05, 4.69) is 4.98 Å². The first-order valence-corrected chi connectivity index (χ1v) is 7.34. The highest BCUT2D eigenvalue weighted by Crippen LogP contribution is 2.23. The van der Waals surface area contributed by atoms with Crippen LogP contribution >= 0.6 is 13.5 Å². The van der Waals surface area contributed by atoms with Crippen LogP contribution in [0.3, 0.4) is 0 Å². The van der Waals surface area contributed by atoms with Gasteiger partial charge in [0.25, 0.3) is 0 Å². The molecule has 0 saturated carbocycles. The van der Waals surface area contributed by atoms with E-state index in [4.69, 9.17) is 9.47 Å². The fourth-order valence-electron chi connectivity index (χ4n) is 2.48. The molecule has 0 aromatic carbocycles. The topological polar surface area (TPSA) is 51.7 Å². The molecule has 1 aliphatic rings. The predicted molar refractivity (Wildman–Crippen MR) is 90.8 cm³/mol. The van der Waals surface area contributed by atoms with Gasteiger partial charge in [-0.25, -0.2) is 9.78 Å². The maximum atomic E-state index is 12.0. The first-order chi connectivity index (χ1) is 9.87. The van der Waals surface area contributed by atoms with Crippen LogP contribution in [0.1, 0.15) is 32.8 Å². The van der Waals surface area contributed by atoms with Gasteiger partial charge in [-0.15, -0.1) is 0 Å². The first kappa shape index (κ1) is 18.6. The second-order valence-corrected chi connectivity index (χ2v) is 6.49. The Hall–Kier alpha value is -1.43. The van der Waals surface area contributed by atoms with Gasteiger partial charge in [-0.3, -0.25) is 0 Å². The first-order valence-electron chi connectivity index (χ1n) is 7.34. The number of rotatable bonds is 3. The lowest BCUT2D eigenvalue weighted by Crippen LogP contribution is -2.35. The molecule has 1 atom stereocenters. The molecular weight excluding hydrogens is 300 g/mol. The van der Waals surface area contributed by atoms with Gasteiger partial charge < -0.3 is 14.4 Å². The smallest absolute Gasteiger partial charge is 0.410 e. The zero-order chi connectivity index (χ0) is 15.5. The number of methoxy groups -OCH3 is 1. The summed E-state index contributed by atoms with van der Waals surface area (Å²) in [6, 6.07) is 3.90. The van der Waals surface area contributed by atoms with E-state index in [0.717, 1.165) is 25.9 Å². The molecule has 5 nitrogen and oxygen atoms in total. The Kier molecular flexibility index (Phi) is 6.53. The van der Waals surface area contributed by atoms with E-state index in [-0.39, 0.29) is 19.6 Å². The van der Waals surface area contributed by atoms with Crippen molar-refractivity contribution >= 4 is 19.6 Å². The second kappa shape index (κ2) is 7.72. The fraction of sp³-hybridized carbons (Fsp3) is 0.625. The van der Waals surface area contributed by atoms with Gasteiger partial charge in [0.05, 0.1) is 7.11 Å². The van der Waals surface area contributed by atoms with Crippen molar-refractivity contribution in [1.29, 1.82) is 0 Å². The summed E-state index contributed by atoms with van der Waals surface area (Å²) in [6.07, 6.45) is 3.56. The van der Waals surface area contributed by atoms with E-state index in [1.807, 2.05) is 39.1 Å². The van der Waals surface area contributed by atoms with Crippen molar-refractivity contribution in [2.24, 2.45) is 5.92 Å². The van der Waals surface area contributed by atoms with Crippen LogP contribution in [-0.4, -0.2) is 41.8 Å². The number of carbonyl (C=O) groups excluding carboxylic acids is 1. The number of likely N-dealkylation sites (tertiary alicyclic amines) is 1. The lowest BCUT2D eigenvalue weighted by Gasteiger charge is -2.24. The van der Waals surface area contributed by atoms with Crippen LogP contribution in [-0.2, 0) is 11.2 Å². The van der Waals surface area contributed by atoms with E-state index >= 15 is 0 Å². The summed E-state index contributed by atoms with van der Waals surface area (Å²) < 4.78 is 10.5. The highest BCUT2D eigenvalue weighted by atomic mass is 32.1. The molecule has 1 saturated heterocycles. The third-order valence-corrected chi connectivity index (χ3v) is 3.47. The molecule has 0 aliphatic carbocycles. The van der Waals surface area contributed by atoms with E-state index in [0.29, 0.717) is 11.8 Å². The molecule has 0 spiro atoms. The minimum absolute atomic E-state index is 0. The average molecular weight is 326 g/mol. The van der Waals surface area contributed by atoms with E-state index in [9.17, 15) is 4.79 Å². The van der Waals surface area contributed by atoms with Crippen molar-refractivity contribution in [2.45, 2.75) is 39.2 Å². The molecule has 22 heavy (non-hydrogen) atoms. The quantitative estimate of drug-likeness (QED) is 0.857. The molecule has 6 heteroatoms. The van der Waals surface area contributed by atoms with Gasteiger partial charge in [-0.2, -0.15) is 13.5 Å². The second-order valence-electron chi connectivity index (χ2n) is 6.49. The molecule has 2 heterocycles. The maximum Gasteiger partial charge on any atom is 0.410 e. The largest absolute Gasteiger partial charge is 0.481 e. The zero-order valence-corrected chi connectivity index (χ0v) is 14.8. The fourth-order valence-corrected chi connectivity index (χ4v) is 2.48. The number of ether oxygens (including phenoxy) is 2. The maximum absolute atomic E-state index is 12.0. The summed E-state index contributed by atoms with van der Waals surface area (Å²) in [5.74, 6) is 1.09. The molecule has 2 rings (SSSR count). The van der Waals surface area contributed by atoms with E-state index in [1.165, 1.54) is 5.56 Å². The lowest BCUT2D eigenvalue weighted by atomic mass is 10.00. The summed E-state index contributed by atoms with van der Waals surface area (Å²) in [5.41, 5.74) is 0.738. The Morgan fingerprint density at radius 3 is 2.68 bits per heavy atom. The van der Waals surface area contributed by atoms with Gasteiger partial charge >= 0.3 is 6.09 Å². The van der Waals surface area contributed by atoms with Crippen LogP contribution < -0.4 is 4.74 Å². The van der Waals surface area contributed by atoms with Crippen LogP contribution in [0.4, 0.5) is 4.79 Å². The number of aromatic nitrogens is 1. The molecular formula is C16H26N2O3S. The summed E-state index contributed by atoms with van der Waals surface area (Å²) in [6.45, 7) is 7.19. The monoisotopic (exact) mass is 326 g/mol. The Morgan fingerprint density at radius 2 is 2.14 bits per heavy atom. The van der Waals surface area contributed by atoms with Crippen LogP contribution in [0.15, 0.2) is 18.3 Å². The third-order valence-electron chi connectivity index (χ3n) is 3.47. The minimum Gasteiger partial charge on any atom is -0.481 e. The van der Waals surface area contributed by atoms with Crippen molar-refractivity contribution in [3.05, 3.63) is 23.9 Å². The van der Waals surface area contributed by atoms with Crippen LogP contribution in [0.2, 0.25) is 0 Å². The van der Waals surface area contributed by atoms with Crippen LogP contribution in [0.25, 0.3) is 0 Å². The van der Waals surface area contributed by atoms with Crippen molar-refractivity contribution in [2.75, 3.05) is 20.2 Å². The minimum atomic E-state index is -0.435. The standard InChI is InChI=1S/C16H24N2O3.H2S/c1-16(2,3)21-15(19)18-8-7-13(11-18)9-12-5-6-14(20-4)17-10-12;/h5-6,10,13H,7-9,11H2,1-4H3;1H2/t13-;/m1./s1. The molecule has 1 aromatic heterocycles. The Labute approximate surface area is 139 Å². The Balaban J connectivity index is 0.00000242. The van der Waals surface area contributed by atoms with Crippen molar-refractivity contribution < 1.29 is 14.3 Å². The van der Waals surface area contributed by atoms with Crippen molar-refractivity contribution in [1.82, 2.24) is 9.88 Å². The van der Waals surface area contributed by atoms with Gasteiger partial charge in [0.15, 0.2) is 0 Å². The molecule has 1 aliphatic heterocycles. The third kappa shape index (κ3) is 5.40. The molecule has 0 unspecified atom stereocenters. The lowest BCUT2D eigenvalue weighted by molar-refractivity contribution is 0.0288. The number of pyridine rings is 1. The van der Waals surface area contributed by atoms with E-state index < -0.39 is 5.60 Å². The zero-order valence-electron chi connectivity index (χ0n) is 13.8. The highest BCUT2D eigenvalue weighted by molar-refractivity contribution is 7.59. The number of nitrogens with zero attached hydrogens (tertiary/aromatic N) is 2. The van der Waals surface area contributed by atoms with Crippen LogP contribution in [0.5, 0.6) is 5.88 Å². The Bertz CT molecular complexity index is 485. The Morgan fingerprint density at radius 1 is 1.41 bits per heavy atom. The van der Waals surface area contributed by atoms with Gasteiger partial charge in [0, 0.05) is 25.4 Å². The summed E-state index contributed by atoms with van der Waals surface area (Å²) in [5, 5.41) is 0. The van der Waals surface area contributed by atoms with Crippen molar-refractivity contribution in [3.63, 3.8) is 0 Å². The molecule has 1 fully saturated rings.